The fourth-order valence-corrected chi connectivity index (χ4v) is 1.64. The third kappa shape index (κ3) is 4.24. The maximum atomic E-state index is 11.4. The summed E-state index contributed by atoms with van der Waals surface area (Å²) in [5, 5.41) is 6.22. The van der Waals surface area contributed by atoms with Crippen LogP contribution in [0, 0.1) is 0 Å². The second-order valence-electron chi connectivity index (χ2n) is 4.46. The van der Waals surface area contributed by atoms with Crippen LogP contribution in [0.1, 0.15) is 25.7 Å². The maximum Gasteiger partial charge on any atom is 0.220 e. The molecule has 0 bridgehead atoms. The molecular formula is C13H19N3O2. The summed E-state index contributed by atoms with van der Waals surface area (Å²) >= 11 is 0. The van der Waals surface area contributed by atoms with Crippen LogP contribution in [0.4, 0.5) is 5.69 Å². The van der Waals surface area contributed by atoms with Crippen LogP contribution in [-0.2, 0) is 4.79 Å². The molecule has 5 heteroatoms. The molecular weight excluding hydrogens is 230 g/mol. The standard InChI is InChI=1S/C13H19N3O2/c1-18-13-9-11(6-8-15-13)14-7-2-3-12(17)16-10-4-5-10/h6,8-10H,2-5,7H2,1H3,(H,14,15)(H,16,17). The Hall–Kier alpha value is -1.78. The van der Waals surface area contributed by atoms with E-state index in [1.54, 1.807) is 13.3 Å². The normalized spacial score (nSPS) is 14.1. The van der Waals surface area contributed by atoms with Gasteiger partial charge in [-0.2, -0.15) is 0 Å². The van der Waals surface area contributed by atoms with Gasteiger partial charge in [0.15, 0.2) is 0 Å². The number of hydrogen-bond donors (Lipinski definition) is 2. The lowest BCUT2D eigenvalue weighted by Gasteiger charge is -2.07. The Balaban J connectivity index is 1.63. The van der Waals surface area contributed by atoms with Gasteiger partial charge in [-0.3, -0.25) is 4.79 Å². The molecule has 2 rings (SSSR count). The lowest BCUT2D eigenvalue weighted by atomic mass is 10.3. The van der Waals surface area contributed by atoms with Gasteiger partial charge in [-0.15, -0.1) is 0 Å². The molecule has 98 valence electrons. The number of aromatic nitrogens is 1. The van der Waals surface area contributed by atoms with E-state index >= 15 is 0 Å². The van der Waals surface area contributed by atoms with Gasteiger partial charge in [0.1, 0.15) is 0 Å². The molecule has 1 heterocycles. The molecule has 0 aromatic carbocycles. The molecule has 2 N–H and O–H groups in total. The molecule has 0 spiro atoms. The molecule has 1 aliphatic carbocycles. The van der Waals surface area contributed by atoms with Crippen molar-refractivity contribution >= 4 is 11.6 Å². The van der Waals surface area contributed by atoms with Gasteiger partial charge < -0.3 is 15.4 Å². The fourth-order valence-electron chi connectivity index (χ4n) is 1.64. The zero-order valence-corrected chi connectivity index (χ0v) is 10.6. The summed E-state index contributed by atoms with van der Waals surface area (Å²) in [5.41, 5.74) is 0.962. The summed E-state index contributed by atoms with van der Waals surface area (Å²) in [6, 6.07) is 4.17. The summed E-state index contributed by atoms with van der Waals surface area (Å²) in [4.78, 5) is 15.5. The lowest BCUT2D eigenvalue weighted by molar-refractivity contribution is -0.121. The number of amides is 1. The zero-order valence-electron chi connectivity index (χ0n) is 10.6. The van der Waals surface area contributed by atoms with Crippen LogP contribution in [0.3, 0.4) is 0 Å². The van der Waals surface area contributed by atoms with Crippen LogP contribution in [0.25, 0.3) is 0 Å². The molecule has 1 aliphatic rings. The van der Waals surface area contributed by atoms with Crippen molar-refractivity contribution in [2.75, 3.05) is 19.0 Å². The highest BCUT2D eigenvalue weighted by molar-refractivity contribution is 5.76. The highest BCUT2D eigenvalue weighted by Gasteiger charge is 2.22. The Morgan fingerprint density at radius 3 is 3.11 bits per heavy atom. The van der Waals surface area contributed by atoms with E-state index in [-0.39, 0.29) is 5.91 Å². The van der Waals surface area contributed by atoms with E-state index in [0.717, 1.165) is 31.5 Å². The summed E-state index contributed by atoms with van der Waals surface area (Å²) in [5.74, 6) is 0.748. The second-order valence-corrected chi connectivity index (χ2v) is 4.46. The molecule has 0 atom stereocenters. The SMILES string of the molecule is COc1cc(NCCCC(=O)NC2CC2)ccn1. The van der Waals surface area contributed by atoms with Crippen molar-refractivity contribution in [3.8, 4) is 5.88 Å². The van der Waals surface area contributed by atoms with E-state index in [4.69, 9.17) is 4.74 Å². The summed E-state index contributed by atoms with van der Waals surface area (Å²) < 4.78 is 5.03. The monoisotopic (exact) mass is 249 g/mol. The molecule has 0 radical (unpaired) electrons. The number of rotatable bonds is 7. The number of ether oxygens (including phenoxy) is 1. The van der Waals surface area contributed by atoms with Crippen molar-refractivity contribution in [1.29, 1.82) is 0 Å². The lowest BCUT2D eigenvalue weighted by Crippen LogP contribution is -2.25. The Kier molecular flexibility index (Phi) is 4.39. The van der Waals surface area contributed by atoms with Crippen molar-refractivity contribution in [3.05, 3.63) is 18.3 Å². The van der Waals surface area contributed by atoms with Gasteiger partial charge in [-0.25, -0.2) is 4.98 Å². The van der Waals surface area contributed by atoms with E-state index in [0.29, 0.717) is 18.3 Å². The summed E-state index contributed by atoms with van der Waals surface area (Å²) in [6.07, 6.45) is 5.37. The third-order valence-corrected chi connectivity index (χ3v) is 2.80. The number of pyridine rings is 1. The van der Waals surface area contributed by atoms with Crippen molar-refractivity contribution < 1.29 is 9.53 Å². The molecule has 1 aromatic rings. The first-order valence-electron chi connectivity index (χ1n) is 6.31. The number of nitrogens with zero attached hydrogens (tertiary/aromatic N) is 1. The van der Waals surface area contributed by atoms with Gasteiger partial charge in [0.2, 0.25) is 11.8 Å². The first-order chi connectivity index (χ1) is 8.78. The number of anilines is 1. The molecule has 0 unspecified atom stereocenters. The number of carbonyl (C=O) groups excluding carboxylic acids is 1. The third-order valence-electron chi connectivity index (χ3n) is 2.80. The highest BCUT2D eigenvalue weighted by Crippen LogP contribution is 2.18. The van der Waals surface area contributed by atoms with Crippen molar-refractivity contribution in [2.24, 2.45) is 0 Å². The van der Waals surface area contributed by atoms with Crippen molar-refractivity contribution in [2.45, 2.75) is 31.7 Å². The molecule has 5 nitrogen and oxygen atoms in total. The van der Waals surface area contributed by atoms with Crippen LogP contribution >= 0.6 is 0 Å². The van der Waals surface area contributed by atoms with Crippen LogP contribution in [0.5, 0.6) is 5.88 Å². The molecule has 0 aliphatic heterocycles. The smallest absolute Gasteiger partial charge is 0.220 e. The van der Waals surface area contributed by atoms with E-state index in [2.05, 4.69) is 15.6 Å². The molecule has 1 fully saturated rings. The average molecular weight is 249 g/mol. The highest BCUT2D eigenvalue weighted by atomic mass is 16.5. The van der Waals surface area contributed by atoms with E-state index in [1.165, 1.54) is 0 Å². The quantitative estimate of drug-likeness (QED) is 0.720. The van der Waals surface area contributed by atoms with E-state index in [9.17, 15) is 4.79 Å². The summed E-state index contributed by atoms with van der Waals surface area (Å²) in [7, 11) is 1.59. The number of methoxy groups -OCH3 is 1. The fraction of sp³-hybridized carbons (Fsp3) is 0.538. The molecule has 0 saturated heterocycles. The predicted molar refractivity (Wildman–Crippen MR) is 69.7 cm³/mol. The number of carbonyl (C=O) groups is 1. The van der Waals surface area contributed by atoms with Crippen LogP contribution < -0.4 is 15.4 Å². The maximum absolute atomic E-state index is 11.4. The van der Waals surface area contributed by atoms with Gasteiger partial charge in [0.25, 0.3) is 0 Å². The van der Waals surface area contributed by atoms with Gasteiger partial charge in [-0.05, 0) is 25.3 Å². The van der Waals surface area contributed by atoms with Crippen LogP contribution in [-0.4, -0.2) is 30.6 Å². The minimum atomic E-state index is 0.159. The van der Waals surface area contributed by atoms with E-state index < -0.39 is 0 Å². The van der Waals surface area contributed by atoms with Gasteiger partial charge >= 0.3 is 0 Å². The number of nitrogens with one attached hydrogen (secondary N) is 2. The molecule has 1 saturated carbocycles. The average Bonchev–Trinajstić information content (AvgIpc) is 3.19. The predicted octanol–water partition coefficient (Wildman–Crippen LogP) is 1.56. The first-order valence-corrected chi connectivity index (χ1v) is 6.31. The second kappa shape index (κ2) is 6.23. The summed E-state index contributed by atoms with van der Waals surface area (Å²) in [6.45, 7) is 0.769. The van der Waals surface area contributed by atoms with E-state index in [1.807, 2.05) is 12.1 Å². The first kappa shape index (κ1) is 12.7. The Bertz CT molecular complexity index is 405. The minimum absolute atomic E-state index is 0.159. The Morgan fingerprint density at radius 2 is 2.39 bits per heavy atom. The van der Waals surface area contributed by atoms with Crippen LogP contribution in [0.15, 0.2) is 18.3 Å². The molecule has 1 aromatic heterocycles. The van der Waals surface area contributed by atoms with Gasteiger partial charge in [-0.1, -0.05) is 0 Å². The van der Waals surface area contributed by atoms with Crippen molar-refractivity contribution in [3.63, 3.8) is 0 Å². The Labute approximate surface area is 107 Å². The largest absolute Gasteiger partial charge is 0.481 e. The van der Waals surface area contributed by atoms with Gasteiger partial charge in [0, 0.05) is 37.0 Å². The zero-order chi connectivity index (χ0) is 12.8. The van der Waals surface area contributed by atoms with Gasteiger partial charge in [0.05, 0.1) is 7.11 Å². The minimum Gasteiger partial charge on any atom is -0.481 e. The number of hydrogen-bond acceptors (Lipinski definition) is 4. The van der Waals surface area contributed by atoms with Crippen molar-refractivity contribution in [1.82, 2.24) is 10.3 Å². The topological polar surface area (TPSA) is 63.2 Å². The molecule has 18 heavy (non-hydrogen) atoms. The van der Waals surface area contributed by atoms with Crippen LogP contribution in [0.2, 0.25) is 0 Å². The molecule has 1 amide bonds. The Morgan fingerprint density at radius 1 is 1.56 bits per heavy atom.